The van der Waals surface area contributed by atoms with Crippen LogP contribution < -0.4 is 5.32 Å². The third-order valence-corrected chi connectivity index (χ3v) is 2.71. The molecule has 1 atom stereocenters. The van der Waals surface area contributed by atoms with Gasteiger partial charge in [-0.2, -0.15) is 0 Å². The summed E-state index contributed by atoms with van der Waals surface area (Å²) in [5, 5.41) is 2.83. The average molecular weight is 282 g/mol. The standard InChI is InChI=1S/C14H26N4O2/c1-11(16-13(19)20-14(2,3)4)12-9-15-10-18(12)8-7-17(5)6/h9-11H,7-8H2,1-6H3,(H,16,19)/t11-/m1/s1. The number of hydrogen-bond acceptors (Lipinski definition) is 4. The quantitative estimate of drug-likeness (QED) is 0.897. The lowest BCUT2D eigenvalue weighted by molar-refractivity contribution is 0.0506. The van der Waals surface area contributed by atoms with Crippen molar-refractivity contribution in [3.8, 4) is 0 Å². The maximum atomic E-state index is 11.8. The molecule has 0 aromatic carbocycles. The largest absolute Gasteiger partial charge is 0.444 e. The molecule has 114 valence electrons. The molecule has 0 bridgehead atoms. The summed E-state index contributed by atoms with van der Waals surface area (Å²) in [4.78, 5) is 18.0. The van der Waals surface area contributed by atoms with E-state index in [4.69, 9.17) is 4.74 Å². The van der Waals surface area contributed by atoms with E-state index in [1.165, 1.54) is 0 Å². The van der Waals surface area contributed by atoms with E-state index in [0.717, 1.165) is 18.8 Å². The van der Waals surface area contributed by atoms with Gasteiger partial charge < -0.3 is 19.5 Å². The van der Waals surface area contributed by atoms with Gasteiger partial charge in [0.1, 0.15) is 5.60 Å². The van der Waals surface area contributed by atoms with Gasteiger partial charge in [-0.3, -0.25) is 0 Å². The van der Waals surface area contributed by atoms with Gasteiger partial charge in [0.25, 0.3) is 0 Å². The predicted octanol–water partition coefficient (Wildman–Crippen LogP) is 2.03. The van der Waals surface area contributed by atoms with Gasteiger partial charge in [0.15, 0.2) is 0 Å². The summed E-state index contributed by atoms with van der Waals surface area (Å²) in [5.41, 5.74) is 0.479. The molecule has 1 amide bonds. The highest BCUT2D eigenvalue weighted by atomic mass is 16.6. The molecule has 6 nitrogen and oxygen atoms in total. The van der Waals surface area contributed by atoms with Gasteiger partial charge in [0.2, 0.25) is 0 Å². The Hall–Kier alpha value is -1.56. The summed E-state index contributed by atoms with van der Waals surface area (Å²) in [6, 6.07) is -0.144. The summed E-state index contributed by atoms with van der Waals surface area (Å²) >= 11 is 0. The maximum Gasteiger partial charge on any atom is 0.408 e. The maximum absolute atomic E-state index is 11.8. The molecule has 0 saturated heterocycles. The molecule has 1 aromatic rings. The second-order valence-electron chi connectivity index (χ2n) is 6.18. The van der Waals surface area contributed by atoms with E-state index < -0.39 is 11.7 Å². The van der Waals surface area contributed by atoms with Crippen LogP contribution in [0, 0.1) is 0 Å². The smallest absolute Gasteiger partial charge is 0.408 e. The number of alkyl carbamates (subject to hydrolysis) is 1. The fourth-order valence-electron chi connectivity index (χ4n) is 1.74. The Morgan fingerprint density at radius 3 is 2.70 bits per heavy atom. The van der Waals surface area contributed by atoms with Crippen LogP contribution in [0.1, 0.15) is 39.4 Å². The number of carbonyl (C=O) groups is 1. The van der Waals surface area contributed by atoms with Crippen LogP contribution in [0.2, 0.25) is 0 Å². The van der Waals surface area contributed by atoms with Crippen molar-refractivity contribution in [2.45, 2.75) is 45.9 Å². The molecule has 0 spiro atoms. The number of rotatable bonds is 5. The number of nitrogens with zero attached hydrogens (tertiary/aromatic N) is 3. The third kappa shape index (κ3) is 5.61. The predicted molar refractivity (Wildman–Crippen MR) is 78.6 cm³/mol. The first-order valence-corrected chi connectivity index (χ1v) is 6.83. The molecule has 0 aliphatic heterocycles. The van der Waals surface area contributed by atoms with E-state index in [9.17, 15) is 4.79 Å². The Labute approximate surface area is 121 Å². The first-order chi connectivity index (χ1) is 9.19. The van der Waals surface area contributed by atoms with Gasteiger partial charge in [0, 0.05) is 13.1 Å². The molecule has 0 aliphatic rings. The molecule has 0 radical (unpaired) electrons. The van der Waals surface area contributed by atoms with Gasteiger partial charge in [-0.05, 0) is 41.8 Å². The van der Waals surface area contributed by atoms with E-state index in [1.54, 1.807) is 12.5 Å². The van der Waals surface area contributed by atoms with E-state index in [-0.39, 0.29) is 6.04 Å². The number of hydrogen-bond donors (Lipinski definition) is 1. The first-order valence-electron chi connectivity index (χ1n) is 6.83. The zero-order chi connectivity index (χ0) is 15.3. The van der Waals surface area contributed by atoms with E-state index in [0.29, 0.717) is 0 Å². The molecule has 1 aromatic heterocycles. The van der Waals surface area contributed by atoms with Crippen molar-refractivity contribution in [3.05, 3.63) is 18.2 Å². The van der Waals surface area contributed by atoms with Crippen molar-refractivity contribution in [2.75, 3.05) is 20.6 Å². The zero-order valence-corrected chi connectivity index (χ0v) is 13.3. The fourth-order valence-corrected chi connectivity index (χ4v) is 1.74. The molecule has 1 rings (SSSR count). The average Bonchev–Trinajstić information content (AvgIpc) is 2.71. The Balaban J connectivity index is 2.61. The van der Waals surface area contributed by atoms with Gasteiger partial charge in [-0.25, -0.2) is 9.78 Å². The molecule has 0 saturated carbocycles. The Morgan fingerprint density at radius 1 is 1.50 bits per heavy atom. The van der Waals surface area contributed by atoms with Crippen LogP contribution in [-0.2, 0) is 11.3 Å². The minimum Gasteiger partial charge on any atom is -0.444 e. The van der Waals surface area contributed by atoms with Gasteiger partial charge in [-0.15, -0.1) is 0 Å². The number of carbonyl (C=O) groups excluding carboxylic acids is 1. The minimum absolute atomic E-state index is 0.144. The zero-order valence-electron chi connectivity index (χ0n) is 13.3. The normalized spacial score (nSPS) is 13.3. The molecule has 20 heavy (non-hydrogen) atoms. The molecule has 6 heteroatoms. The topological polar surface area (TPSA) is 59.4 Å². The van der Waals surface area contributed by atoms with Crippen LogP contribution in [0.4, 0.5) is 4.79 Å². The highest BCUT2D eigenvalue weighted by molar-refractivity contribution is 5.68. The van der Waals surface area contributed by atoms with E-state index in [1.807, 2.05) is 46.4 Å². The number of imidazole rings is 1. The highest BCUT2D eigenvalue weighted by Crippen LogP contribution is 2.14. The molecule has 0 aliphatic carbocycles. The van der Waals surface area contributed by atoms with Crippen molar-refractivity contribution < 1.29 is 9.53 Å². The lowest BCUT2D eigenvalue weighted by Gasteiger charge is -2.22. The Morgan fingerprint density at radius 2 is 2.15 bits per heavy atom. The van der Waals surface area contributed by atoms with Crippen LogP contribution in [-0.4, -0.2) is 46.8 Å². The third-order valence-electron chi connectivity index (χ3n) is 2.71. The minimum atomic E-state index is -0.491. The van der Waals surface area contributed by atoms with Crippen molar-refractivity contribution in [2.24, 2.45) is 0 Å². The molecule has 1 heterocycles. The number of likely N-dealkylation sites (N-methyl/N-ethyl adjacent to an activating group) is 1. The van der Waals surface area contributed by atoms with Crippen LogP contribution >= 0.6 is 0 Å². The van der Waals surface area contributed by atoms with Crippen molar-refractivity contribution in [1.29, 1.82) is 0 Å². The van der Waals surface area contributed by atoms with Crippen LogP contribution in [0.5, 0.6) is 0 Å². The van der Waals surface area contributed by atoms with E-state index in [2.05, 4.69) is 15.2 Å². The first kappa shape index (κ1) is 16.5. The molecule has 0 unspecified atom stereocenters. The van der Waals surface area contributed by atoms with Crippen LogP contribution in [0.25, 0.3) is 0 Å². The van der Waals surface area contributed by atoms with Crippen molar-refractivity contribution >= 4 is 6.09 Å². The summed E-state index contributed by atoms with van der Waals surface area (Å²) in [7, 11) is 4.05. The molecular weight excluding hydrogens is 256 g/mol. The number of amides is 1. The Bertz CT molecular complexity index is 435. The molecule has 1 N–H and O–H groups in total. The molecular formula is C14H26N4O2. The van der Waals surface area contributed by atoms with Crippen molar-refractivity contribution in [1.82, 2.24) is 19.8 Å². The highest BCUT2D eigenvalue weighted by Gasteiger charge is 2.19. The van der Waals surface area contributed by atoms with Crippen LogP contribution in [0.3, 0.4) is 0 Å². The summed E-state index contributed by atoms with van der Waals surface area (Å²) in [5.74, 6) is 0. The number of nitrogens with one attached hydrogen (secondary N) is 1. The fraction of sp³-hybridized carbons (Fsp3) is 0.714. The second-order valence-corrected chi connectivity index (χ2v) is 6.18. The monoisotopic (exact) mass is 282 g/mol. The summed E-state index contributed by atoms with van der Waals surface area (Å²) < 4.78 is 7.30. The number of ether oxygens (including phenoxy) is 1. The summed E-state index contributed by atoms with van der Waals surface area (Å²) in [6.45, 7) is 9.22. The molecule has 0 fully saturated rings. The van der Waals surface area contributed by atoms with Crippen LogP contribution in [0.15, 0.2) is 12.5 Å². The second kappa shape index (κ2) is 6.74. The van der Waals surface area contributed by atoms with Crippen molar-refractivity contribution in [3.63, 3.8) is 0 Å². The van der Waals surface area contributed by atoms with Gasteiger partial charge >= 0.3 is 6.09 Å². The Kier molecular flexibility index (Phi) is 5.56. The van der Waals surface area contributed by atoms with Gasteiger partial charge in [-0.1, -0.05) is 0 Å². The number of aromatic nitrogens is 2. The summed E-state index contributed by atoms with van der Waals surface area (Å²) in [6.07, 6.45) is 3.15. The lowest BCUT2D eigenvalue weighted by Crippen LogP contribution is -2.34. The SMILES string of the molecule is C[C@@H](NC(=O)OC(C)(C)C)c1cncn1CCN(C)C. The lowest BCUT2D eigenvalue weighted by atomic mass is 10.2. The van der Waals surface area contributed by atoms with E-state index >= 15 is 0 Å². The van der Waals surface area contributed by atoms with Gasteiger partial charge in [0.05, 0.1) is 24.3 Å².